The Balaban J connectivity index is 1.92. The molecule has 0 saturated heterocycles. The second-order valence-electron chi connectivity index (χ2n) is 10.3. The summed E-state index contributed by atoms with van der Waals surface area (Å²) in [4.78, 5) is 33.2. The Labute approximate surface area is 216 Å². The molecule has 1 aliphatic rings. The van der Waals surface area contributed by atoms with Crippen molar-refractivity contribution in [3.63, 3.8) is 0 Å². The van der Waals surface area contributed by atoms with Crippen LogP contribution in [0.25, 0.3) is 0 Å². The number of hydrogen-bond acceptors (Lipinski definition) is 5. The smallest absolute Gasteiger partial charge is 0.258 e. The van der Waals surface area contributed by atoms with Gasteiger partial charge < -0.3 is 20.8 Å². The second-order valence-corrected chi connectivity index (χ2v) is 10.3. The number of nitrogens with two attached hydrogens (primary N) is 1. The zero-order chi connectivity index (χ0) is 26.1. The van der Waals surface area contributed by atoms with Gasteiger partial charge in [-0.05, 0) is 50.5 Å². The molecule has 0 unspecified atom stereocenters. The minimum absolute atomic E-state index is 0.0163. The molecule has 0 radical (unpaired) electrons. The number of nitrogens with one attached hydrogen (secondary N) is 2. The van der Waals surface area contributed by atoms with Crippen LogP contribution in [0, 0.1) is 11.8 Å². The van der Waals surface area contributed by atoms with Crippen molar-refractivity contribution in [3.05, 3.63) is 41.5 Å². The van der Waals surface area contributed by atoms with Crippen molar-refractivity contribution < 1.29 is 14.3 Å². The topological polar surface area (TPSA) is 110 Å². The van der Waals surface area contributed by atoms with E-state index in [1.165, 1.54) is 0 Å². The van der Waals surface area contributed by atoms with E-state index in [0.717, 1.165) is 63.5 Å². The Morgan fingerprint density at radius 3 is 2.42 bits per heavy atom. The zero-order valence-electron chi connectivity index (χ0n) is 22.5. The van der Waals surface area contributed by atoms with E-state index in [2.05, 4.69) is 43.0 Å². The second kappa shape index (κ2) is 13.0. The highest BCUT2D eigenvalue weighted by Gasteiger charge is 2.37. The first-order valence-corrected chi connectivity index (χ1v) is 13.8. The molecule has 0 aromatic carbocycles. The Kier molecular flexibility index (Phi) is 10.1. The molecule has 7 nitrogen and oxygen atoms in total. The Hall–Kier alpha value is -2.67. The maximum absolute atomic E-state index is 13.3. The van der Waals surface area contributed by atoms with Gasteiger partial charge in [0.05, 0.1) is 17.3 Å². The molecule has 1 amide bonds. The van der Waals surface area contributed by atoms with Crippen molar-refractivity contribution in [1.82, 2.24) is 9.97 Å². The van der Waals surface area contributed by atoms with Gasteiger partial charge in [-0.2, -0.15) is 0 Å². The van der Waals surface area contributed by atoms with Crippen LogP contribution in [0.5, 0.6) is 5.75 Å². The Morgan fingerprint density at radius 2 is 1.81 bits per heavy atom. The number of H-pyrrole nitrogens is 1. The van der Waals surface area contributed by atoms with Crippen LogP contribution in [0.2, 0.25) is 0 Å². The largest absolute Gasteiger partial charge is 0.485 e. The summed E-state index contributed by atoms with van der Waals surface area (Å²) < 4.78 is 6.88. The molecule has 0 fully saturated rings. The maximum atomic E-state index is 13.3. The first kappa shape index (κ1) is 27.9. The highest BCUT2D eigenvalue weighted by Crippen LogP contribution is 2.39. The fourth-order valence-corrected chi connectivity index (χ4v) is 5.59. The van der Waals surface area contributed by atoms with Gasteiger partial charge >= 0.3 is 0 Å². The number of amides is 1. The van der Waals surface area contributed by atoms with E-state index in [4.69, 9.17) is 10.5 Å². The SMILES string of the molecule is CCC(CC)CC(CCN)(CC(CC)CC)Oc1ccncc1NC(=O)c1c[nH]c2c1C(=O)CCC2. The molecule has 1 aliphatic carbocycles. The molecule has 0 atom stereocenters. The summed E-state index contributed by atoms with van der Waals surface area (Å²) in [5.74, 6) is 1.35. The third-order valence-corrected chi connectivity index (χ3v) is 7.90. The van der Waals surface area contributed by atoms with Crippen LogP contribution in [-0.4, -0.2) is 33.8 Å². The molecule has 0 spiro atoms. The van der Waals surface area contributed by atoms with Gasteiger partial charge in [0.25, 0.3) is 5.91 Å². The van der Waals surface area contributed by atoms with Crippen LogP contribution in [0.3, 0.4) is 0 Å². The lowest BCUT2D eigenvalue weighted by Gasteiger charge is -2.40. The molecule has 3 rings (SSSR count). The van der Waals surface area contributed by atoms with Gasteiger partial charge in [-0.15, -0.1) is 0 Å². The summed E-state index contributed by atoms with van der Waals surface area (Å²) in [7, 11) is 0. The quantitative estimate of drug-likeness (QED) is 0.284. The fourth-order valence-electron chi connectivity index (χ4n) is 5.59. The minimum atomic E-state index is -0.424. The van der Waals surface area contributed by atoms with Crippen LogP contribution in [-0.2, 0) is 6.42 Å². The average molecular weight is 497 g/mol. The van der Waals surface area contributed by atoms with E-state index in [-0.39, 0.29) is 11.7 Å². The number of aryl methyl sites for hydroxylation is 1. The number of hydrogen-bond donors (Lipinski definition) is 3. The Bertz CT molecular complexity index is 994. The standard InChI is InChI=1S/C29H44N4O3/c1-5-20(6-2)16-29(13-14-30,17-21(7-3)8-4)36-26-12-15-31-19-24(26)33-28(35)22-18-32-23-10-9-11-25(34)27(22)23/h12,15,18-21,32H,5-11,13-14,16-17,30H2,1-4H3,(H,33,35). The van der Waals surface area contributed by atoms with Crippen molar-refractivity contribution in [2.75, 3.05) is 11.9 Å². The number of nitrogens with zero attached hydrogens (tertiary/aromatic N) is 1. The van der Waals surface area contributed by atoms with E-state index in [1.54, 1.807) is 18.6 Å². The van der Waals surface area contributed by atoms with Crippen LogP contribution in [0.4, 0.5) is 5.69 Å². The molecule has 0 aliphatic heterocycles. The predicted octanol–water partition coefficient (Wildman–Crippen LogP) is 6.30. The molecule has 0 saturated carbocycles. The molecule has 4 N–H and O–H groups in total. The summed E-state index contributed by atoms with van der Waals surface area (Å²) in [6.45, 7) is 9.46. The number of carbonyl (C=O) groups is 2. The van der Waals surface area contributed by atoms with Crippen LogP contribution in [0.1, 0.15) is 112 Å². The molecular formula is C29H44N4O3. The van der Waals surface area contributed by atoms with E-state index in [1.807, 2.05) is 6.07 Å². The van der Waals surface area contributed by atoms with Gasteiger partial charge in [0.15, 0.2) is 5.78 Å². The lowest BCUT2D eigenvalue weighted by molar-refractivity contribution is 0.0102. The van der Waals surface area contributed by atoms with Gasteiger partial charge in [0.2, 0.25) is 0 Å². The van der Waals surface area contributed by atoms with Gasteiger partial charge in [-0.1, -0.05) is 53.4 Å². The monoisotopic (exact) mass is 496 g/mol. The van der Waals surface area contributed by atoms with E-state index >= 15 is 0 Å². The van der Waals surface area contributed by atoms with Crippen LogP contribution >= 0.6 is 0 Å². The number of pyridine rings is 1. The third kappa shape index (κ3) is 6.55. The van der Waals surface area contributed by atoms with E-state index in [0.29, 0.717) is 47.4 Å². The normalized spacial score (nSPS) is 13.8. The number of anilines is 1. The molecule has 7 heteroatoms. The number of ether oxygens (including phenoxy) is 1. The highest BCUT2D eigenvalue weighted by atomic mass is 16.5. The summed E-state index contributed by atoms with van der Waals surface area (Å²) in [5.41, 5.74) is 7.98. The van der Waals surface area contributed by atoms with Crippen molar-refractivity contribution in [1.29, 1.82) is 0 Å². The van der Waals surface area contributed by atoms with Crippen molar-refractivity contribution in [3.8, 4) is 5.75 Å². The molecule has 0 bridgehead atoms. The molecule has 2 aromatic heterocycles. The molecule has 198 valence electrons. The number of fused-ring (bicyclic) bond motifs is 1. The van der Waals surface area contributed by atoms with E-state index in [9.17, 15) is 9.59 Å². The van der Waals surface area contributed by atoms with Gasteiger partial charge in [-0.3, -0.25) is 14.6 Å². The lowest BCUT2D eigenvalue weighted by atomic mass is 9.77. The third-order valence-electron chi connectivity index (χ3n) is 7.90. The van der Waals surface area contributed by atoms with E-state index < -0.39 is 5.60 Å². The van der Waals surface area contributed by atoms with Crippen molar-refractivity contribution in [2.45, 2.75) is 97.5 Å². The van der Waals surface area contributed by atoms with Gasteiger partial charge in [0.1, 0.15) is 17.0 Å². The fraction of sp³-hybridized carbons (Fsp3) is 0.621. The summed E-state index contributed by atoms with van der Waals surface area (Å²) in [5, 5.41) is 2.98. The highest BCUT2D eigenvalue weighted by molar-refractivity contribution is 6.14. The lowest BCUT2D eigenvalue weighted by Crippen LogP contribution is -2.42. The summed E-state index contributed by atoms with van der Waals surface area (Å²) in [6.07, 6.45) is 13.9. The number of aromatic amines is 1. The molecule has 2 heterocycles. The molecule has 36 heavy (non-hydrogen) atoms. The number of rotatable bonds is 14. The zero-order valence-corrected chi connectivity index (χ0v) is 22.5. The van der Waals surface area contributed by atoms with Gasteiger partial charge in [0, 0.05) is 30.6 Å². The Morgan fingerprint density at radius 1 is 1.14 bits per heavy atom. The minimum Gasteiger partial charge on any atom is -0.485 e. The number of ketones is 1. The first-order valence-electron chi connectivity index (χ1n) is 13.8. The average Bonchev–Trinajstić information content (AvgIpc) is 3.33. The number of Topliss-reactive ketones (excluding diaryl/α,β-unsaturated/α-hetero) is 1. The summed E-state index contributed by atoms with van der Waals surface area (Å²) >= 11 is 0. The van der Waals surface area contributed by atoms with Crippen LogP contribution in [0.15, 0.2) is 24.7 Å². The molecule has 2 aromatic rings. The van der Waals surface area contributed by atoms with Gasteiger partial charge in [-0.25, -0.2) is 0 Å². The number of carbonyl (C=O) groups excluding carboxylic acids is 2. The van der Waals surface area contributed by atoms with Crippen molar-refractivity contribution >= 4 is 17.4 Å². The van der Waals surface area contributed by atoms with Crippen molar-refractivity contribution in [2.24, 2.45) is 17.6 Å². The maximum Gasteiger partial charge on any atom is 0.258 e. The summed E-state index contributed by atoms with van der Waals surface area (Å²) in [6, 6.07) is 1.82. The number of aromatic nitrogens is 2. The first-order chi connectivity index (χ1) is 17.4. The predicted molar refractivity (Wildman–Crippen MR) is 145 cm³/mol. The molecular weight excluding hydrogens is 452 g/mol. The van der Waals surface area contributed by atoms with Crippen LogP contribution < -0.4 is 15.8 Å².